The molecule has 1 unspecified atom stereocenters. The summed E-state index contributed by atoms with van der Waals surface area (Å²) >= 11 is 1.62. The average Bonchev–Trinajstić information content (AvgIpc) is 2.39. The van der Waals surface area contributed by atoms with E-state index >= 15 is 0 Å². The summed E-state index contributed by atoms with van der Waals surface area (Å²) in [7, 11) is 0. The number of para-hydroxylation sites is 1. The van der Waals surface area contributed by atoms with Crippen molar-refractivity contribution in [2.24, 2.45) is 0 Å². The van der Waals surface area contributed by atoms with E-state index in [1.54, 1.807) is 11.8 Å². The van der Waals surface area contributed by atoms with Gasteiger partial charge in [0, 0.05) is 22.2 Å². The Morgan fingerprint density at radius 2 is 1.84 bits per heavy atom. The molecule has 0 aliphatic rings. The SMILES string of the molecule is CSc1ccccc1NC(C)c1ccc(F)cc1F. The minimum absolute atomic E-state index is 0.228. The fourth-order valence-electron chi connectivity index (χ4n) is 1.93. The van der Waals surface area contributed by atoms with Gasteiger partial charge >= 0.3 is 0 Å². The van der Waals surface area contributed by atoms with E-state index in [9.17, 15) is 8.78 Å². The van der Waals surface area contributed by atoms with Crippen molar-refractivity contribution in [1.82, 2.24) is 0 Å². The molecule has 0 aliphatic heterocycles. The first-order chi connectivity index (χ1) is 9.11. The summed E-state index contributed by atoms with van der Waals surface area (Å²) < 4.78 is 26.6. The zero-order valence-corrected chi connectivity index (χ0v) is 11.6. The van der Waals surface area contributed by atoms with Crippen LogP contribution in [0.2, 0.25) is 0 Å². The van der Waals surface area contributed by atoms with Crippen LogP contribution in [0, 0.1) is 11.6 Å². The number of halogens is 2. The van der Waals surface area contributed by atoms with Crippen molar-refractivity contribution in [3.8, 4) is 0 Å². The molecular formula is C15H15F2NS. The molecule has 0 saturated heterocycles. The summed E-state index contributed by atoms with van der Waals surface area (Å²) in [6.45, 7) is 1.85. The Morgan fingerprint density at radius 1 is 1.11 bits per heavy atom. The Morgan fingerprint density at radius 3 is 2.53 bits per heavy atom. The molecule has 1 atom stereocenters. The van der Waals surface area contributed by atoms with Crippen molar-refractivity contribution in [2.45, 2.75) is 17.9 Å². The van der Waals surface area contributed by atoms with Gasteiger partial charge in [-0.15, -0.1) is 11.8 Å². The lowest BCUT2D eigenvalue weighted by molar-refractivity contribution is 0.566. The van der Waals surface area contributed by atoms with Crippen LogP contribution in [0.25, 0.3) is 0 Å². The van der Waals surface area contributed by atoms with Crippen molar-refractivity contribution in [1.29, 1.82) is 0 Å². The fourth-order valence-corrected chi connectivity index (χ4v) is 2.49. The maximum atomic E-state index is 13.7. The highest BCUT2D eigenvalue weighted by Crippen LogP contribution is 2.29. The van der Waals surface area contributed by atoms with Crippen LogP contribution in [0.15, 0.2) is 47.4 Å². The standard InChI is InChI=1S/C15H15F2NS/c1-10(12-8-7-11(16)9-13(12)17)18-14-5-3-4-6-15(14)19-2/h3-10,18H,1-2H3. The zero-order chi connectivity index (χ0) is 13.8. The lowest BCUT2D eigenvalue weighted by Gasteiger charge is -2.18. The van der Waals surface area contributed by atoms with Crippen LogP contribution < -0.4 is 5.32 Å². The third kappa shape index (κ3) is 3.26. The third-order valence-corrected chi connectivity index (χ3v) is 3.70. The van der Waals surface area contributed by atoms with Crippen LogP contribution in [-0.2, 0) is 0 Å². The molecule has 0 amide bonds. The molecule has 2 aromatic carbocycles. The second-order valence-corrected chi connectivity index (χ2v) is 5.08. The van der Waals surface area contributed by atoms with Crippen LogP contribution in [-0.4, -0.2) is 6.26 Å². The van der Waals surface area contributed by atoms with Crippen LogP contribution in [0.1, 0.15) is 18.5 Å². The summed E-state index contributed by atoms with van der Waals surface area (Å²) in [6.07, 6.45) is 1.99. The van der Waals surface area contributed by atoms with Gasteiger partial charge in [0.15, 0.2) is 0 Å². The van der Waals surface area contributed by atoms with Gasteiger partial charge in [-0.2, -0.15) is 0 Å². The highest BCUT2D eigenvalue weighted by molar-refractivity contribution is 7.98. The van der Waals surface area contributed by atoms with Gasteiger partial charge in [-0.1, -0.05) is 18.2 Å². The highest BCUT2D eigenvalue weighted by Gasteiger charge is 2.12. The van der Waals surface area contributed by atoms with E-state index < -0.39 is 11.6 Å². The lowest BCUT2D eigenvalue weighted by Crippen LogP contribution is -2.09. The van der Waals surface area contributed by atoms with E-state index in [0.29, 0.717) is 5.56 Å². The fraction of sp³-hybridized carbons (Fsp3) is 0.200. The minimum Gasteiger partial charge on any atom is -0.378 e. The van der Waals surface area contributed by atoms with Gasteiger partial charge < -0.3 is 5.32 Å². The summed E-state index contributed by atoms with van der Waals surface area (Å²) in [5, 5.41) is 3.25. The molecule has 1 nitrogen and oxygen atoms in total. The van der Waals surface area contributed by atoms with Gasteiger partial charge in [0.1, 0.15) is 11.6 Å². The van der Waals surface area contributed by atoms with Crippen LogP contribution in [0.5, 0.6) is 0 Å². The van der Waals surface area contributed by atoms with E-state index in [0.717, 1.165) is 16.6 Å². The molecule has 100 valence electrons. The molecule has 0 heterocycles. The Labute approximate surface area is 116 Å². The van der Waals surface area contributed by atoms with E-state index in [2.05, 4.69) is 5.32 Å². The summed E-state index contributed by atoms with van der Waals surface area (Å²) in [6, 6.07) is 11.3. The number of hydrogen-bond donors (Lipinski definition) is 1. The van der Waals surface area contributed by atoms with Crippen LogP contribution in [0.3, 0.4) is 0 Å². The minimum atomic E-state index is -0.557. The van der Waals surface area contributed by atoms with E-state index in [-0.39, 0.29) is 6.04 Å². The number of thioether (sulfide) groups is 1. The number of hydrogen-bond acceptors (Lipinski definition) is 2. The molecule has 4 heteroatoms. The molecule has 0 aromatic heterocycles. The summed E-state index contributed by atoms with van der Waals surface area (Å²) in [5.41, 5.74) is 1.41. The lowest BCUT2D eigenvalue weighted by atomic mass is 10.1. The smallest absolute Gasteiger partial charge is 0.131 e. The second kappa shape index (κ2) is 6.06. The topological polar surface area (TPSA) is 12.0 Å². The Hall–Kier alpha value is -1.55. The molecule has 0 fully saturated rings. The van der Waals surface area contributed by atoms with Gasteiger partial charge in [0.25, 0.3) is 0 Å². The normalized spacial score (nSPS) is 12.2. The quantitative estimate of drug-likeness (QED) is 0.802. The van der Waals surface area contributed by atoms with Gasteiger partial charge in [-0.25, -0.2) is 8.78 Å². The first kappa shape index (κ1) is 13.9. The van der Waals surface area contributed by atoms with Crippen LogP contribution >= 0.6 is 11.8 Å². The Bertz CT molecular complexity index is 572. The van der Waals surface area contributed by atoms with Gasteiger partial charge in [-0.3, -0.25) is 0 Å². The molecule has 0 bridgehead atoms. The Kier molecular flexibility index (Phi) is 4.43. The number of nitrogens with one attached hydrogen (secondary N) is 1. The van der Waals surface area contributed by atoms with E-state index in [1.165, 1.54) is 12.1 Å². The molecule has 0 radical (unpaired) electrons. The number of rotatable bonds is 4. The number of anilines is 1. The maximum absolute atomic E-state index is 13.7. The molecule has 0 spiro atoms. The van der Waals surface area contributed by atoms with Crippen LogP contribution in [0.4, 0.5) is 14.5 Å². The molecule has 19 heavy (non-hydrogen) atoms. The van der Waals surface area contributed by atoms with Gasteiger partial charge in [0.05, 0.1) is 6.04 Å². The molecule has 2 rings (SSSR count). The van der Waals surface area contributed by atoms with Crippen molar-refractivity contribution in [3.63, 3.8) is 0 Å². The van der Waals surface area contributed by atoms with Crippen molar-refractivity contribution >= 4 is 17.4 Å². The molecule has 0 saturated carbocycles. The van der Waals surface area contributed by atoms with Gasteiger partial charge in [-0.05, 0) is 31.4 Å². The highest BCUT2D eigenvalue weighted by atomic mass is 32.2. The van der Waals surface area contributed by atoms with E-state index in [4.69, 9.17) is 0 Å². The molecular weight excluding hydrogens is 264 g/mol. The zero-order valence-electron chi connectivity index (χ0n) is 10.8. The predicted molar refractivity (Wildman–Crippen MR) is 76.6 cm³/mol. The van der Waals surface area contributed by atoms with Crippen molar-refractivity contribution < 1.29 is 8.78 Å². The van der Waals surface area contributed by atoms with E-state index in [1.807, 2.05) is 37.4 Å². The largest absolute Gasteiger partial charge is 0.378 e. The Balaban J connectivity index is 2.23. The summed E-state index contributed by atoms with van der Waals surface area (Å²) in [5.74, 6) is -1.08. The van der Waals surface area contributed by atoms with Crippen molar-refractivity contribution in [2.75, 3.05) is 11.6 Å². The molecule has 1 N–H and O–H groups in total. The first-order valence-electron chi connectivity index (χ1n) is 5.96. The molecule has 2 aromatic rings. The van der Waals surface area contributed by atoms with Gasteiger partial charge in [0.2, 0.25) is 0 Å². The van der Waals surface area contributed by atoms with Crippen molar-refractivity contribution in [3.05, 3.63) is 59.7 Å². The maximum Gasteiger partial charge on any atom is 0.131 e. The first-order valence-corrected chi connectivity index (χ1v) is 7.19. The average molecular weight is 279 g/mol. The molecule has 0 aliphatic carbocycles. The monoisotopic (exact) mass is 279 g/mol. The second-order valence-electron chi connectivity index (χ2n) is 4.23. The summed E-state index contributed by atoms with van der Waals surface area (Å²) in [4.78, 5) is 1.09. The number of benzene rings is 2. The predicted octanol–water partition coefficient (Wildman–Crippen LogP) is 4.86. The third-order valence-electron chi connectivity index (χ3n) is 2.91.